The SMILES string of the molecule is CC(C)C(C)OCCNC1CCS(=O)(=O)C1. The molecule has 0 aromatic rings. The van der Waals surface area contributed by atoms with Gasteiger partial charge in [0.2, 0.25) is 0 Å². The molecule has 0 aliphatic carbocycles. The van der Waals surface area contributed by atoms with Crippen LogP contribution in [0.25, 0.3) is 0 Å². The molecule has 1 rings (SSSR count). The highest BCUT2D eigenvalue weighted by Gasteiger charge is 2.27. The van der Waals surface area contributed by atoms with Crippen LogP contribution in [0.1, 0.15) is 27.2 Å². The van der Waals surface area contributed by atoms with Gasteiger partial charge in [-0.2, -0.15) is 0 Å². The average Bonchev–Trinajstić information content (AvgIpc) is 2.52. The van der Waals surface area contributed by atoms with E-state index in [1.165, 1.54) is 0 Å². The molecular weight excluding hydrogens is 226 g/mol. The molecule has 1 heterocycles. The minimum absolute atomic E-state index is 0.128. The molecule has 1 aliphatic rings. The van der Waals surface area contributed by atoms with E-state index in [1.54, 1.807) is 0 Å². The Balaban J connectivity index is 2.09. The molecular formula is C11H23NO3S. The fourth-order valence-corrected chi connectivity index (χ4v) is 3.36. The summed E-state index contributed by atoms with van der Waals surface area (Å²) in [6.07, 6.45) is 0.997. The third-order valence-electron chi connectivity index (χ3n) is 3.09. The fourth-order valence-electron chi connectivity index (χ4n) is 1.66. The Hall–Kier alpha value is -0.130. The van der Waals surface area contributed by atoms with Crippen LogP contribution in [0.15, 0.2) is 0 Å². The monoisotopic (exact) mass is 249 g/mol. The maximum atomic E-state index is 11.2. The first-order valence-electron chi connectivity index (χ1n) is 5.96. The number of hydrogen-bond donors (Lipinski definition) is 1. The molecule has 0 saturated carbocycles. The van der Waals surface area contributed by atoms with E-state index in [4.69, 9.17) is 4.74 Å². The normalized spacial score (nSPS) is 26.1. The number of sulfone groups is 1. The Morgan fingerprint density at radius 1 is 1.38 bits per heavy atom. The molecule has 0 bridgehead atoms. The molecule has 4 nitrogen and oxygen atoms in total. The third-order valence-corrected chi connectivity index (χ3v) is 4.86. The molecule has 2 unspecified atom stereocenters. The molecule has 16 heavy (non-hydrogen) atoms. The Bertz CT molecular complexity index is 300. The van der Waals surface area contributed by atoms with Gasteiger partial charge in [0.1, 0.15) is 0 Å². The second-order valence-electron chi connectivity index (χ2n) is 4.87. The van der Waals surface area contributed by atoms with Crippen molar-refractivity contribution in [3.63, 3.8) is 0 Å². The van der Waals surface area contributed by atoms with Crippen molar-refractivity contribution in [1.29, 1.82) is 0 Å². The van der Waals surface area contributed by atoms with Crippen LogP contribution in [0, 0.1) is 5.92 Å². The highest BCUT2D eigenvalue weighted by atomic mass is 32.2. The van der Waals surface area contributed by atoms with Crippen molar-refractivity contribution in [3.05, 3.63) is 0 Å². The zero-order valence-corrected chi connectivity index (χ0v) is 11.2. The first-order valence-corrected chi connectivity index (χ1v) is 7.78. The molecule has 1 N–H and O–H groups in total. The lowest BCUT2D eigenvalue weighted by Crippen LogP contribution is -2.33. The van der Waals surface area contributed by atoms with Gasteiger partial charge < -0.3 is 10.1 Å². The number of rotatable bonds is 6. The Morgan fingerprint density at radius 2 is 2.06 bits per heavy atom. The van der Waals surface area contributed by atoms with Gasteiger partial charge in [-0.1, -0.05) is 13.8 Å². The summed E-state index contributed by atoms with van der Waals surface area (Å²) in [6.45, 7) is 7.70. The first kappa shape index (κ1) is 13.9. The zero-order valence-electron chi connectivity index (χ0n) is 10.4. The Morgan fingerprint density at radius 3 is 2.56 bits per heavy atom. The fraction of sp³-hybridized carbons (Fsp3) is 1.00. The minimum atomic E-state index is -2.77. The largest absolute Gasteiger partial charge is 0.377 e. The highest BCUT2D eigenvalue weighted by molar-refractivity contribution is 7.91. The van der Waals surface area contributed by atoms with Crippen molar-refractivity contribution in [2.24, 2.45) is 5.92 Å². The topological polar surface area (TPSA) is 55.4 Å². The second-order valence-corrected chi connectivity index (χ2v) is 7.10. The van der Waals surface area contributed by atoms with Crippen molar-refractivity contribution in [1.82, 2.24) is 5.32 Å². The lowest BCUT2D eigenvalue weighted by atomic mass is 10.1. The molecule has 0 aromatic heterocycles. The van der Waals surface area contributed by atoms with Crippen LogP contribution >= 0.6 is 0 Å². The maximum Gasteiger partial charge on any atom is 0.151 e. The quantitative estimate of drug-likeness (QED) is 0.708. The summed E-state index contributed by atoms with van der Waals surface area (Å²) >= 11 is 0. The van der Waals surface area contributed by atoms with Crippen LogP contribution in [-0.2, 0) is 14.6 Å². The van der Waals surface area contributed by atoms with E-state index in [0.717, 1.165) is 13.0 Å². The van der Waals surface area contributed by atoms with E-state index >= 15 is 0 Å². The van der Waals surface area contributed by atoms with Gasteiger partial charge in [-0.15, -0.1) is 0 Å². The number of hydrogen-bond acceptors (Lipinski definition) is 4. The van der Waals surface area contributed by atoms with Crippen molar-refractivity contribution < 1.29 is 13.2 Å². The van der Waals surface area contributed by atoms with Crippen LogP contribution in [0.4, 0.5) is 0 Å². The summed E-state index contributed by atoms with van der Waals surface area (Å²) in [7, 11) is -2.77. The van der Waals surface area contributed by atoms with Gasteiger partial charge in [-0.05, 0) is 19.3 Å². The summed E-state index contributed by atoms with van der Waals surface area (Å²) in [5.41, 5.74) is 0. The van der Waals surface area contributed by atoms with E-state index in [0.29, 0.717) is 18.3 Å². The van der Waals surface area contributed by atoms with E-state index in [9.17, 15) is 8.42 Å². The Labute approximate surface area is 98.7 Å². The molecule has 1 saturated heterocycles. The number of ether oxygens (including phenoxy) is 1. The molecule has 2 atom stereocenters. The summed E-state index contributed by atoms with van der Waals surface area (Å²) in [6, 6.07) is 0.128. The van der Waals surface area contributed by atoms with E-state index in [2.05, 4.69) is 26.1 Å². The van der Waals surface area contributed by atoms with Crippen molar-refractivity contribution in [2.75, 3.05) is 24.7 Å². The van der Waals surface area contributed by atoms with Crippen LogP contribution in [0.5, 0.6) is 0 Å². The standard InChI is InChI=1S/C11H23NO3S/c1-9(2)10(3)15-6-5-12-11-4-7-16(13,14)8-11/h9-12H,4-8H2,1-3H3. The van der Waals surface area contributed by atoms with Gasteiger partial charge in [0.25, 0.3) is 0 Å². The predicted molar refractivity (Wildman–Crippen MR) is 65.3 cm³/mol. The molecule has 0 aromatic carbocycles. The third kappa shape index (κ3) is 4.80. The van der Waals surface area contributed by atoms with E-state index in [1.807, 2.05) is 0 Å². The van der Waals surface area contributed by atoms with Crippen LogP contribution in [0.2, 0.25) is 0 Å². The highest BCUT2D eigenvalue weighted by Crippen LogP contribution is 2.11. The minimum Gasteiger partial charge on any atom is -0.377 e. The van der Waals surface area contributed by atoms with Crippen molar-refractivity contribution >= 4 is 9.84 Å². The molecule has 5 heteroatoms. The molecule has 96 valence electrons. The zero-order chi connectivity index (χ0) is 12.2. The predicted octanol–water partition coefficient (Wildman–Crippen LogP) is 0.824. The maximum absolute atomic E-state index is 11.2. The lowest BCUT2D eigenvalue weighted by Gasteiger charge is -2.17. The van der Waals surface area contributed by atoms with Crippen molar-refractivity contribution in [2.45, 2.75) is 39.3 Å². The van der Waals surface area contributed by atoms with Gasteiger partial charge in [0.15, 0.2) is 9.84 Å². The summed E-state index contributed by atoms with van der Waals surface area (Å²) in [5, 5.41) is 3.23. The number of nitrogens with one attached hydrogen (secondary N) is 1. The summed E-state index contributed by atoms with van der Waals surface area (Å²) < 4.78 is 28.0. The summed E-state index contributed by atoms with van der Waals surface area (Å²) in [4.78, 5) is 0. The smallest absolute Gasteiger partial charge is 0.151 e. The van der Waals surface area contributed by atoms with Gasteiger partial charge in [0, 0.05) is 12.6 Å². The molecule has 1 fully saturated rings. The molecule has 0 radical (unpaired) electrons. The van der Waals surface area contributed by atoms with Crippen molar-refractivity contribution in [3.8, 4) is 0 Å². The van der Waals surface area contributed by atoms with Gasteiger partial charge >= 0.3 is 0 Å². The second kappa shape index (κ2) is 5.98. The first-order chi connectivity index (χ1) is 7.41. The lowest BCUT2D eigenvalue weighted by molar-refractivity contribution is 0.0366. The van der Waals surface area contributed by atoms with Gasteiger partial charge in [-0.3, -0.25) is 0 Å². The molecule has 1 aliphatic heterocycles. The Kier molecular flexibility index (Phi) is 5.21. The summed E-state index contributed by atoms with van der Waals surface area (Å²) in [5.74, 6) is 1.13. The van der Waals surface area contributed by atoms with Gasteiger partial charge in [-0.25, -0.2) is 8.42 Å². The molecule has 0 amide bonds. The van der Waals surface area contributed by atoms with E-state index in [-0.39, 0.29) is 17.9 Å². The van der Waals surface area contributed by atoms with E-state index < -0.39 is 9.84 Å². The average molecular weight is 249 g/mol. The van der Waals surface area contributed by atoms with Gasteiger partial charge in [0.05, 0.1) is 24.2 Å². The molecule has 0 spiro atoms. The van der Waals surface area contributed by atoms with Crippen LogP contribution < -0.4 is 5.32 Å². The van der Waals surface area contributed by atoms with Crippen LogP contribution in [0.3, 0.4) is 0 Å². The van der Waals surface area contributed by atoms with Crippen LogP contribution in [-0.4, -0.2) is 45.2 Å².